The molecule has 0 radical (unpaired) electrons. The molecule has 1 aliphatic rings. The zero-order chi connectivity index (χ0) is 20.2. The van der Waals surface area contributed by atoms with Gasteiger partial charge in [-0.1, -0.05) is 6.07 Å². The van der Waals surface area contributed by atoms with E-state index in [0.717, 1.165) is 61.4 Å². The van der Waals surface area contributed by atoms with Crippen LogP contribution in [0, 0.1) is 20.8 Å². The van der Waals surface area contributed by atoms with Gasteiger partial charge in [-0.3, -0.25) is 4.90 Å². The van der Waals surface area contributed by atoms with Gasteiger partial charge in [-0.05, 0) is 56.5 Å². The quantitative estimate of drug-likeness (QED) is 0.660. The van der Waals surface area contributed by atoms with E-state index in [9.17, 15) is 0 Å². The first-order chi connectivity index (χ1) is 14.1. The molecule has 0 spiro atoms. The highest BCUT2D eigenvalue weighted by Crippen LogP contribution is 2.28. The van der Waals surface area contributed by atoms with Crippen LogP contribution in [0.1, 0.15) is 21.7 Å². The van der Waals surface area contributed by atoms with E-state index in [1.54, 1.807) is 17.5 Å². The average molecular weight is 410 g/mol. The molecule has 1 saturated heterocycles. The Balaban J connectivity index is 1.47. The van der Waals surface area contributed by atoms with Crippen LogP contribution in [0.15, 0.2) is 30.5 Å². The highest BCUT2D eigenvalue weighted by atomic mass is 32.1. The third-order valence-electron chi connectivity index (χ3n) is 5.00. The van der Waals surface area contributed by atoms with Crippen molar-refractivity contribution in [2.24, 2.45) is 0 Å². The molecule has 1 aliphatic heterocycles. The normalized spacial score (nSPS) is 14.9. The number of hydrogen-bond acceptors (Lipinski definition) is 7. The molecule has 0 aliphatic carbocycles. The van der Waals surface area contributed by atoms with Crippen LogP contribution in [0.4, 0.5) is 11.6 Å². The Hall–Kier alpha value is -2.35. The summed E-state index contributed by atoms with van der Waals surface area (Å²) in [4.78, 5) is 17.6. The lowest BCUT2D eigenvalue weighted by atomic mass is 10.1. The number of ether oxygens (including phenoxy) is 1. The van der Waals surface area contributed by atoms with Crippen molar-refractivity contribution in [3.05, 3.63) is 52.2 Å². The summed E-state index contributed by atoms with van der Waals surface area (Å²) in [7, 11) is 0. The van der Waals surface area contributed by atoms with Crippen molar-refractivity contribution in [1.29, 1.82) is 0 Å². The minimum atomic E-state index is 0.593. The molecule has 3 heterocycles. The van der Waals surface area contributed by atoms with Gasteiger partial charge in [0.2, 0.25) is 5.95 Å². The van der Waals surface area contributed by atoms with Gasteiger partial charge in [-0.2, -0.15) is 0 Å². The molecule has 0 amide bonds. The topological polar surface area (TPSA) is 63.2 Å². The molecule has 0 bridgehead atoms. The third-order valence-corrected chi connectivity index (χ3v) is 6.24. The number of rotatable bonds is 6. The molecule has 3 aromatic rings. The van der Waals surface area contributed by atoms with Gasteiger partial charge in [0.05, 0.1) is 18.9 Å². The largest absolute Gasteiger partial charge is 0.379 e. The Labute approximate surface area is 176 Å². The van der Waals surface area contributed by atoms with E-state index in [1.807, 2.05) is 6.07 Å². The fourth-order valence-corrected chi connectivity index (χ4v) is 4.59. The molecule has 0 unspecified atom stereocenters. The van der Waals surface area contributed by atoms with Crippen LogP contribution < -0.4 is 5.32 Å². The van der Waals surface area contributed by atoms with E-state index in [0.29, 0.717) is 5.95 Å². The SMILES string of the molecule is Cc1cc(C)cc(Nc2nccc(-c3nc(C)c(CCN4CCOCC4)s3)n2)c1. The van der Waals surface area contributed by atoms with Gasteiger partial charge in [0.15, 0.2) is 0 Å². The average Bonchev–Trinajstić information content (AvgIpc) is 3.07. The van der Waals surface area contributed by atoms with Crippen molar-refractivity contribution in [3.63, 3.8) is 0 Å². The Morgan fingerprint density at radius 2 is 1.83 bits per heavy atom. The van der Waals surface area contributed by atoms with Crippen LogP contribution in [0.5, 0.6) is 0 Å². The Kier molecular flexibility index (Phi) is 6.18. The molecule has 1 fully saturated rings. The number of aromatic nitrogens is 3. The zero-order valence-corrected chi connectivity index (χ0v) is 18.1. The van der Waals surface area contributed by atoms with Gasteiger partial charge in [0.1, 0.15) is 10.7 Å². The van der Waals surface area contributed by atoms with Crippen LogP contribution in [-0.2, 0) is 11.2 Å². The van der Waals surface area contributed by atoms with Crippen LogP contribution in [-0.4, -0.2) is 52.7 Å². The first-order valence-electron chi connectivity index (χ1n) is 10.0. The lowest BCUT2D eigenvalue weighted by Crippen LogP contribution is -2.37. The molecule has 6 nitrogen and oxygen atoms in total. The van der Waals surface area contributed by atoms with Gasteiger partial charge in [0, 0.05) is 36.4 Å². The fourth-order valence-electron chi connectivity index (χ4n) is 3.57. The number of morpholine rings is 1. The van der Waals surface area contributed by atoms with Crippen LogP contribution in [0.2, 0.25) is 0 Å². The minimum Gasteiger partial charge on any atom is -0.379 e. The van der Waals surface area contributed by atoms with Crippen molar-refractivity contribution in [2.75, 3.05) is 38.2 Å². The van der Waals surface area contributed by atoms with E-state index in [2.05, 4.69) is 54.2 Å². The summed E-state index contributed by atoms with van der Waals surface area (Å²) < 4.78 is 5.43. The van der Waals surface area contributed by atoms with Crippen molar-refractivity contribution in [2.45, 2.75) is 27.2 Å². The van der Waals surface area contributed by atoms with Crippen molar-refractivity contribution < 1.29 is 4.74 Å². The molecule has 7 heteroatoms. The third kappa shape index (κ3) is 5.18. The second kappa shape index (κ2) is 8.98. The van der Waals surface area contributed by atoms with E-state index >= 15 is 0 Å². The summed E-state index contributed by atoms with van der Waals surface area (Å²) in [6.45, 7) is 11.0. The molecular formula is C22H27N5OS. The molecule has 29 heavy (non-hydrogen) atoms. The Bertz CT molecular complexity index is 961. The summed E-state index contributed by atoms with van der Waals surface area (Å²) in [5, 5.41) is 4.27. The standard InChI is InChI=1S/C22H27N5OS/c1-15-12-16(2)14-18(13-15)25-22-23-6-4-19(26-22)21-24-17(3)20(29-21)5-7-27-8-10-28-11-9-27/h4,6,12-14H,5,7-11H2,1-3H3,(H,23,25,26). The number of aryl methyl sites for hydroxylation is 3. The number of nitrogens with zero attached hydrogens (tertiary/aromatic N) is 4. The molecule has 1 N–H and O–H groups in total. The molecule has 0 atom stereocenters. The lowest BCUT2D eigenvalue weighted by Gasteiger charge is -2.26. The van der Waals surface area contributed by atoms with Crippen molar-refractivity contribution in [1.82, 2.24) is 19.9 Å². The molecular weight excluding hydrogens is 382 g/mol. The van der Waals surface area contributed by atoms with Crippen molar-refractivity contribution in [3.8, 4) is 10.7 Å². The maximum atomic E-state index is 5.43. The van der Waals surface area contributed by atoms with Gasteiger partial charge < -0.3 is 10.1 Å². The highest BCUT2D eigenvalue weighted by Gasteiger charge is 2.15. The zero-order valence-electron chi connectivity index (χ0n) is 17.2. The summed E-state index contributed by atoms with van der Waals surface area (Å²) in [6, 6.07) is 8.27. The number of nitrogens with one attached hydrogen (secondary N) is 1. The number of thiazole rings is 1. The van der Waals surface area contributed by atoms with E-state index < -0.39 is 0 Å². The minimum absolute atomic E-state index is 0.593. The van der Waals surface area contributed by atoms with Crippen LogP contribution in [0.25, 0.3) is 10.7 Å². The second-order valence-corrected chi connectivity index (χ2v) is 8.58. The maximum Gasteiger partial charge on any atom is 0.227 e. The number of anilines is 2. The van der Waals surface area contributed by atoms with E-state index in [4.69, 9.17) is 14.7 Å². The van der Waals surface area contributed by atoms with Gasteiger partial charge in [0.25, 0.3) is 0 Å². The van der Waals surface area contributed by atoms with E-state index in [-0.39, 0.29) is 0 Å². The Morgan fingerprint density at radius 1 is 1.07 bits per heavy atom. The van der Waals surface area contributed by atoms with Crippen LogP contribution >= 0.6 is 11.3 Å². The smallest absolute Gasteiger partial charge is 0.227 e. The predicted octanol–water partition coefficient (Wildman–Crippen LogP) is 4.14. The summed E-state index contributed by atoms with van der Waals surface area (Å²) in [6.07, 6.45) is 2.81. The Morgan fingerprint density at radius 3 is 2.59 bits per heavy atom. The summed E-state index contributed by atoms with van der Waals surface area (Å²) in [5.74, 6) is 0.593. The molecule has 1 aromatic carbocycles. The van der Waals surface area contributed by atoms with Crippen molar-refractivity contribution >= 4 is 23.0 Å². The fraction of sp³-hybridized carbons (Fsp3) is 0.409. The predicted molar refractivity (Wildman–Crippen MR) is 118 cm³/mol. The second-order valence-electron chi connectivity index (χ2n) is 7.50. The van der Waals surface area contributed by atoms with Crippen LogP contribution in [0.3, 0.4) is 0 Å². The number of benzene rings is 1. The lowest BCUT2D eigenvalue weighted by molar-refractivity contribution is 0.0385. The van der Waals surface area contributed by atoms with Gasteiger partial charge in [-0.15, -0.1) is 11.3 Å². The molecule has 152 valence electrons. The monoisotopic (exact) mass is 409 g/mol. The first-order valence-corrected chi connectivity index (χ1v) is 10.8. The molecule has 0 saturated carbocycles. The molecule has 2 aromatic heterocycles. The summed E-state index contributed by atoms with van der Waals surface area (Å²) >= 11 is 1.73. The van der Waals surface area contributed by atoms with Gasteiger partial charge in [-0.25, -0.2) is 15.0 Å². The highest BCUT2D eigenvalue weighted by molar-refractivity contribution is 7.15. The van der Waals surface area contributed by atoms with E-state index in [1.165, 1.54) is 16.0 Å². The first kappa shape index (κ1) is 19.9. The number of hydrogen-bond donors (Lipinski definition) is 1. The summed E-state index contributed by atoms with van der Waals surface area (Å²) in [5.41, 5.74) is 5.38. The van der Waals surface area contributed by atoms with Gasteiger partial charge >= 0.3 is 0 Å². The maximum absolute atomic E-state index is 5.43. The molecule has 4 rings (SSSR count).